The van der Waals surface area contributed by atoms with Crippen molar-refractivity contribution in [1.29, 1.82) is 0 Å². The third kappa shape index (κ3) is 3.81. The quantitative estimate of drug-likeness (QED) is 0.775. The first-order valence-electron chi connectivity index (χ1n) is 6.89. The van der Waals surface area contributed by atoms with E-state index in [0.717, 1.165) is 18.4 Å². The van der Waals surface area contributed by atoms with Crippen LogP contribution < -0.4 is 0 Å². The van der Waals surface area contributed by atoms with Crippen LogP contribution in [0.1, 0.15) is 38.8 Å². The van der Waals surface area contributed by atoms with Crippen LogP contribution in [0.5, 0.6) is 0 Å². The largest absolute Gasteiger partial charge is 0.300 e. The molecule has 0 unspecified atom stereocenters. The monoisotopic (exact) mass is 232 g/mol. The molecule has 1 aliphatic rings. The first-order chi connectivity index (χ1) is 8.25. The van der Waals surface area contributed by atoms with Crippen molar-refractivity contribution in [2.45, 2.75) is 45.6 Å². The summed E-state index contributed by atoms with van der Waals surface area (Å²) in [5, 5.41) is 0. The molecular formula is C15H24N2. The Labute approximate surface area is 105 Å². The second-order valence-electron chi connectivity index (χ2n) is 5.53. The van der Waals surface area contributed by atoms with Crippen LogP contribution in [0.4, 0.5) is 0 Å². The van der Waals surface area contributed by atoms with Gasteiger partial charge in [0.2, 0.25) is 0 Å². The summed E-state index contributed by atoms with van der Waals surface area (Å²) >= 11 is 0. The fourth-order valence-corrected chi connectivity index (χ4v) is 2.80. The molecule has 0 radical (unpaired) electrons. The van der Waals surface area contributed by atoms with Gasteiger partial charge in [-0.1, -0.05) is 19.9 Å². The number of hydrogen-bond acceptors (Lipinski definition) is 2. The zero-order chi connectivity index (χ0) is 12.1. The Morgan fingerprint density at radius 1 is 1.41 bits per heavy atom. The predicted octanol–water partition coefficient (Wildman–Crippen LogP) is 3.13. The van der Waals surface area contributed by atoms with Crippen molar-refractivity contribution in [2.75, 3.05) is 13.1 Å². The van der Waals surface area contributed by atoms with Crippen molar-refractivity contribution in [3.05, 3.63) is 30.1 Å². The average molecular weight is 232 g/mol. The van der Waals surface area contributed by atoms with E-state index in [4.69, 9.17) is 0 Å². The van der Waals surface area contributed by atoms with Crippen molar-refractivity contribution in [3.8, 4) is 0 Å². The van der Waals surface area contributed by atoms with Gasteiger partial charge in [0.1, 0.15) is 0 Å². The second kappa shape index (κ2) is 6.15. The SMILES string of the molecule is CC(C)C[C@H]1CCCN1CCc1ccccn1. The standard InChI is InChI=1S/C15H24N2/c1-13(2)12-15-7-5-10-17(15)11-8-14-6-3-4-9-16-14/h3-4,6,9,13,15H,5,7-8,10-12H2,1-2H3/t15-/m1/s1. The van der Waals surface area contributed by atoms with Crippen molar-refractivity contribution in [3.63, 3.8) is 0 Å². The highest BCUT2D eigenvalue weighted by Gasteiger charge is 2.24. The maximum Gasteiger partial charge on any atom is 0.0416 e. The lowest BCUT2D eigenvalue weighted by atomic mass is 10.0. The first kappa shape index (κ1) is 12.6. The number of aromatic nitrogens is 1. The van der Waals surface area contributed by atoms with Gasteiger partial charge < -0.3 is 0 Å². The van der Waals surface area contributed by atoms with Crippen LogP contribution in [0, 0.1) is 5.92 Å². The lowest BCUT2D eigenvalue weighted by molar-refractivity contribution is 0.228. The van der Waals surface area contributed by atoms with Crippen molar-refractivity contribution >= 4 is 0 Å². The molecular weight excluding hydrogens is 208 g/mol. The van der Waals surface area contributed by atoms with Gasteiger partial charge in [0.25, 0.3) is 0 Å². The normalized spacial score (nSPS) is 21.2. The highest BCUT2D eigenvalue weighted by molar-refractivity contribution is 5.04. The topological polar surface area (TPSA) is 16.1 Å². The van der Waals surface area contributed by atoms with Gasteiger partial charge in [-0.3, -0.25) is 9.88 Å². The molecule has 2 heteroatoms. The minimum Gasteiger partial charge on any atom is -0.300 e. The summed E-state index contributed by atoms with van der Waals surface area (Å²) < 4.78 is 0. The Hall–Kier alpha value is -0.890. The summed E-state index contributed by atoms with van der Waals surface area (Å²) in [5.74, 6) is 0.815. The average Bonchev–Trinajstić information content (AvgIpc) is 2.74. The summed E-state index contributed by atoms with van der Waals surface area (Å²) in [4.78, 5) is 7.06. The van der Waals surface area contributed by atoms with Crippen molar-refractivity contribution in [1.82, 2.24) is 9.88 Å². The molecule has 1 atom stereocenters. The Morgan fingerprint density at radius 2 is 2.29 bits per heavy atom. The van der Waals surface area contributed by atoms with Gasteiger partial charge in [-0.15, -0.1) is 0 Å². The predicted molar refractivity (Wildman–Crippen MR) is 72.0 cm³/mol. The molecule has 1 aromatic heterocycles. The Morgan fingerprint density at radius 3 is 3.00 bits per heavy atom. The molecule has 1 saturated heterocycles. The molecule has 0 aliphatic carbocycles. The summed E-state index contributed by atoms with van der Waals surface area (Å²) in [5.41, 5.74) is 1.22. The van der Waals surface area contributed by atoms with Gasteiger partial charge in [-0.25, -0.2) is 0 Å². The van der Waals surface area contributed by atoms with E-state index >= 15 is 0 Å². The van der Waals surface area contributed by atoms with Crippen molar-refractivity contribution in [2.24, 2.45) is 5.92 Å². The van der Waals surface area contributed by atoms with Crippen LogP contribution >= 0.6 is 0 Å². The minimum absolute atomic E-state index is 0.815. The van der Waals surface area contributed by atoms with Gasteiger partial charge in [0.15, 0.2) is 0 Å². The number of pyridine rings is 1. The van der Waals surface area contributed by atoms with E-state index in [0.29, 0.717) is 0 Å². The minimum atomic E-state index is 0.815. The summed E-state index contributed by atoms with van der Waals surface area (Å²) in [7, 11) is 0. The molecule has 0 saturated carbocycles. The molecule has 1 aliphatic heterocycles. The number of likely N-dealkylation sites (tertiary alicyclic amines) is 1. The highest BCUT2D eigenvalue weighted by atomic mass is 15.2. The third-order valence-corrected chi connectivity index (χ3v) is 3.62. The highest BCUT2D eigenvalue weighted by Crippen LogP contribution is 2.23. The maximum atomic E-state index is 4.40. The zero-order valence-electron chi connectivity index (χ0n) is 11.1. The lowest BCUT2D eigenvalue weighted by Gasteiger charge is -2.25. The molecule has 2 rings (SSSR count). The molecule has 2 heterocycles. The zero-order valence-corrected chi connectivity index (χ0v) is 11.1. The van der Waals surface area contributed by atoms with Gasteiger partial charge in [0, 0.05) is 30.9 Å². The fourth-order valence-electron chi connectivity index (χ4n) is 2.80. The van der Waals surface area contributed by atoms with E-state index in [1.54, 1.807) is 0 Å². The second-order valence-corrected chi connectivity index (χ2v) is 5.53. The molecule has 17 heavy (non-hydrogen) atoms. The Bertz CT molecular complexity index is 321. The van der Waals surface area contributed by atoms with Gasteiger partial charge in [0.05, 0.1) is 0 Å². The molecule has 0 N–H and O–H groups in total. The van der Waals surface area contributed by atoms with E-state index in [2.05, 4.69) is 35.9 Å². The third-order valence-electron chi connectivity index (χ3n) is 3.62. The molecule has 1 aromatic rings. The van der Waals surface area contributed by atoms with E-state index in [1.807, 2.05) is 12.3 Å². The number of rotatable bonds is 5. The molecule has 2 nitrogen and oxygen atoms in total. The Kier molecular flexibility index (Phi) is 4.55. The first-order valence-corrected chi connectivity index (χ1v) is 6.89. The van der Waals surface area contributed by atoms with Crippen LogP contribution in [0.15, 0.2) is 24.4 Å². The van der Waals surface area contributed by atoms with Gasteiger partial charge in [-0.05, 0) is 43.9 Å². The summed E-state index contributed by atoms with van der Waals surface area (Å²) in [6.45, 7) is 7.11. The molecule has 0 aromatic carbocycles. The summed E-state index contributed by atoms with van der Waals surface area (Å²) in [6.07, 6.45) is 7.10. The molecule has 0 spiro atoms. The lowest BCUT2D eigenvalue weighted by Crippen LogP contribution is -2.32. The van der Waals surface area contributed by atoms with Gasteiger partial charge in [-0.2, -0.15) is 0 Å². The number of hydrogen-bond donors (Lipinski definition) is 0. The molecule has 94 valence electrons. The van der Waals surface area contributed by atoms with E-state index in [1.165, 1.54) is 38.0 Å². The smallest absolute Gasteiger partial charge is 0.0416 e. The van der Waals surface area contributed by atoms with Crippen LogP contribution in [-0.4, -0.2) is 29.0 Å². The van der Waals surface area contributed by atoms with Crippen LogP contribution in [-0.2, 0) is 6.42 Å². The molecule has 0 bridgehead atoms. The van der Waals surface area contributed by atoms with Crippen molar-refractivity contribution < 1.29 is 0 Å². The fraction of sp³-hybridized carbons (Fsp3) is 0.667. The van der Waals surface area contributed by atoms with Crippen LogP contribution in [0.2, 0.25) is 0 Å². The van der Waals surface area contributed by atoms with Crippen LogP contribution in [0.3, 0.4) is 0 Å². The Balaban J connectivity index is 1.82. The molecule has 1 fully saturated rings. The van der Waals surface area contributed by atoms with E-state index < -0.39 is 0 Å². The van der Waals surface area contributed by atoms with E-state index in [9.17, 15) is 0 Å². The number of nitrogens with zero attached hydrogens (tertiary/aromatic N) is 2. The van der Waals surface area contributed by atoms with Crippen LogP contribution in [0.25, 0.3) is 0 Å². The van der Waals surface area contributed by atoms with Gasteiger partial charge >= 0.3 is 0 Å². The maximum absolute atomic E-state index is 4.40. The van der Waals surface area contributed by atoms with E-state index in [-0.39, 0.29) is 0 Å². The summed E-state index contributed by atoms with van der Waals surface area (Å²) in [6, 6.07) is 7.02. The molecule has 0 amide bonds.